The highest BCUT2D eigenvalue weighted by atomic mass is 16.7. The molecule has 0 aromatic heterocycles. The van der Waals surface area contributed by atoms with Crippen molar-refractivity contribution < 1.29 is 71.7 Å². The Balaban J connectivity index is 0.947. The Kier molecular flexibility index (Phi) is 19.3. The monoisotopic (exact) mass is 1100 g/mol. The number of esters is 4. The third kappa shape index (κ3) is 14.0. The topological polar surface area (TPSA) is 192 Å². The molecule has 7 aromatic carbocycles. The molecule has 9 rings (SSSR count). The van der Waals surface area contributed by atoms with E-state index >= 15 is 0 Å². The molecule has 2 fully saturated rings. The SMILES string of the molecule is COc1ccc(C(OC[C@@H]2C[C@@H](O)CN2C(=O)CCCCO[C@H]2OC(COC(=O)c3ccccc3)[C@@H](OC(=O)c3ccccc3)[C@H](OC(=O)c3ccccc3)C2OC(=O)c2ccccc2)(c2ccccc2)c2ccc(OC)cc2)cc1. The van der Waals surface area contributed by atoms with Gasteiger partial charge >= 0.3 is 23.9 Å². The van der Waals surface area contributed by atoms with Crippen molar-refractivity contribution in [3.8, 4) is 11.5 Å². The number of ether oxygens (including phenoxy) is 9. The maximum atomic E-state index is 14.3. The first-order chi connectivity index (χ1) is 39.5. The summed E-state index contributed by atoms with van der Waals surface area (Å²) in [5.41, 5.74) is 2.02. The van der Waals surface area contributed by atoms with Gasteiger partial charge in [-0.1, -0.05) is 127 Å². The fraction of sp³-hybridized carbons (Fsp3) is 0.277. The number of aliphatic hydroxyl groups excluding tert-OH is 1. The molecule has 2 saturated heterocycles. The first-order valence-electron chi connectivity index (χ1n) is 26.8. The predicted octanol–water partition coefficient (Wildman–Crippen LogP) is 9.42. The average Bonchev–Trinajstić information content (AvgIpc) is 3.93. The van der Waals surface area contributed by atoms with Gasteiger partial charge in [0.15, 0.2) is 24.6 Å². The molecule has 0 aliphatic carbocycles. The van der Waals surface area contributed by atoms with Crippen LogP contribution in [-0.4, -0.2) is 123 Å². The predicted molar refractivity (Wildman–Crippen MR) is 297 cm³/mol. The first-order valence-corrected chi connectivity index (χ1v) is 26.8. The van der Waals surface area contributed by atoms with Crippen LogP contribution in [0.5, 0.6) is 11.5 Å². The van der Waals surface area contributed by atoms with Gasteiger partial charge in [0, 0.05) is 19.6 Å². The highest BCUT2D eigenvalue weighted by molar-refractivity contribution is 5.91. The molecule has 81 heavy (non-hydrogen) atoms. The van der Waals surface area contributed by atoms with Gasteiger partial charge in [-0.2, -0.15) is 0 Å². The van der Waals surface area contributed by atoms with Gasteiger partial charge in [0.25, 0.3) is 0 Å². The van der Waals surface area contributed by atoms with E-state index in [2.05, 4.69) is 0 Å². The van der Waals surface area contributed by atoms with Gasteiger partial charge in [-0.15, -0.1) is 0 Å². The molecule has 1 N–H and O–H groups in total. The van der Waals surface area contributed by atoms with Crippen molar-refractivity contribution in [3.63, 3.8) is 0 Å². The van der Waals surface area contributed by atoms with Gasteiger partial charge < -0.3 is 52.6 Å². The third-order valence-electron chi connectivity index (χ3n) is 14.2. The summed E-state index contributed by atoms with van der Waals surface area (Å²) in [4.78, 5) is 71.4. The number of unbranched alkanes of at least 4 members (excludes halogenated alkanes) is 1. The maximum Gasteiger partial charge on any atom is 0.338 e. The molecule has 0 saturated carbocycles. The number of methoxy groups -OCH3 is 2. The molecule has 2 aliphatic heterocycles. The van der Waals surface area contributed by atoms with Crippen LogP contribution in [0.2, 0.25) is 0 Å². The summed E-state index contributed by atoms with van der Waals surface area (Å²) in [6.45, 7) is -0.417. The summed E-state index contributed by atoms with van der Waals surface area (Å²) in [5, 5.41) is 11.1. The Morgan fingerprint density at radius 2 is 0.951 bits per heavy atom. The summed E-state index contributed by atoms with van der Waals surface area (Å²) in [6, 6.07) is 57.2. The standard InChI is InChI=1S/C65H63NO15/c1-73-53-35-31-49(32-36-53)65(48-28-16-7-17-29-48,50-33-37-54(74-2)38-34-50)77-42-51-40-52(67)41-66(51)56(68)30-18-19-39-75-64-59(81-63(72)47-26-14-6-15-27-47)58(80-62(71)46-24-12-5-13-25-46)57(79-61(70)45-22-10-4-11-23-45)55(78-64)43-76-60(69)44-20-8-3-9-21-44/h3-17,20-29,31-38,51-52,55,57-59,64,67H,18-19,30,39-43H2,1-2H3/t51-,52+,55?,57+,58-,59?,64-/m0/s1. The first kappa shape index (κ1) is 57.0. The number of hydrogen-bond donors (Lipinski definition) is 1. The normalized spacial score (nSPS) is 19.6. The van der Waals surface area contributed by atoms with Crippen molar-refractivity contribution >= 4 is 29.8 Å². The van der Waals surface area contributed by atoms with E-state index in [0.717, 1.165) is 16.7 Å². The zero-order valence-corrected chi connectivity index (χ0v) is 44.9. The molecule has 16 nitrogen and oxygen atoms in total. The Labute approximate surface area is 470 Å². The number of amides is 1. The van der Waals surface area contributed by atoms with Crippen LogP contribution in [0.25, 0.3) is 0 Å². The average molecular weight is 1100 g/mol. The molecule has 0 radical (unpaired) electrons. The van der Waals surface area contributed by atoms with E-state index in [0.29, 0.717) is 17.9 Å². The van der Waals surface area contributed by atoms with E-state index in [1.54, 1.807) is 116 Å². The van der Waals surface area contributed by atoms with Crippen molar-refractivity contribution in [3.05, 3.63) is 239 Å². The largest absolute Gasteiger partial charge is 0.497 e. The van der Waals surface area contributed by atoms with Gasteiger partial charge in [0.2, 0.25) is 5.91 Å². The smallest absolute Gasteiger partial charge is 0.338 e. The van der Waals surface area contributed by atoms with Gasteiger partial charge in [-0.3, -0.25) is 4.79 Å². The van der Waals surface area contributed by atoms with Crippen LogP contribution in [0.4, 0.5) is 0 Å². The number of likely N-dealkylation sites (tertiary alicyclic amines) is 1. The third-order valence-corrected chi connectivity index (χ3v) is 14.2. The number of rotatable bonds is 23. The molecule has 0 spiro atoms. The molecule has 2 aliphatic rings. The van der Waals surface area contributed by atoms with E-state index in [1.807, 2.05) is 78.9 Å². The zero-order valence-electron chi connectivity index (χ0n) is 44.9. The fourth-order valence-electron chi connectivity index (χ4n) is 10.0. The van der Waals surface area contributed by atoms with Crippen molar-refractivity contribution in [2.45, 2.75) is 74.1 Å². The minimum absolute atomic E-state index is 0.0677. The second-order valence-electron chi connectivity index (χ2n) is 19.4. The molecular formula is C65H63NO15. The Morgan fingerprint density at radius 3 is 1.43 bits per heavy atom. The van der Waals surface area contributed by atoms with E-state index in [9.17, 15) is 29.1 Å². The van der Waals surface area contributed by atoms with Crippen LogP contribution in [0.3, 0.4) is 0 Å². The number of benzene rings is 7. The lowest BCUT2D eigenvalue weighted by Crippen LogP contribution is -2.63. The van der Waals surface area contributed by atoms with E-state index in [4.69, 9.17) is 42.6 Å². The minimum atomic E-state index is -1.60. The van der Waals surface area contributed by atoms with E-state index < -0.39 is 78.9 Å². The molecule has 1 amide bonds. The van der Waals surface area contributed by atoms with Crippen molar-refractivity contribution in [1.82, 2.24) is 4.90 Å². The number of carbonyl (C=O) groups excluding carboxylic acids is 5. The summed E-state index contributed by atoms with van der Waals surface area (Å²) in [7, 11) is 3.21. The second-order valence-corrected chi connectivity index (χ2v) is 19.4. The number of hydrogen-bond acceptors (Lipinski definition) is 15. The molecule has 7 aromatic rings. The lowest BCUT2D eigenvalue weighted by Gasteiger charge is -2.44. The Bertz CT molecular complexity index is 3100. The minimum Gasteiger partial charge on any atom is -0.497 e. The van der Waals surface area contributed by atoms with Crippen molar-refractivity contribution in [2.75, 3.05) is 40.6 Å². The molecule has 16 heteroatoms. The number of carbonyl (C=O) groups is 5. The quantitative estimate of drug-likeness (QED) is 0.0276. The summed E-state index contributed by atoms with van der Waals surface area (Å²) in [6.07, 6.45) is -7.43. The molecule has 418 valence electrons. The molecule has 0 bridgehead atoms. The second kappa shape index (κ2) is 27.5. The van der Waals surface area contributed by atoms with Crippen LogP contribution in [0.1, 0.15) is 83.8 Å². The highest BCUT2D eigenvalue weighted by Crippen LogP contribution is 2.43. The summed E-state index contributed by atoms with van der Waals surface area (Å²) in [5.74, 6) is -2.08. The lowest BCUT2D eigenvalue weighted by molar-refractivity contribution is -0.298. The lowest BCUT2D eigenvalue weighted by atomic mass is 9.80. The van der Waals surface area contributed by atoms with Crippen molar-refractivity contribution in [2.24, 2.45) is 0 Å². The highest BCUT2D eigenvalue weighted by Gasteiger charge is 2.54. The van der Waals surface area contributed by atoms with Crippen molar-refractivity contribution in [1.29, 1.82) is 0 Å². The zero-order chi connectivity index (χ0) is 56.6. The number of aliphatic hydroxyl groups is 1. The molecule has 2 unspecified atom stereocenters. The van der Waals surface area contributed by atoms with E-state index in [-0.39, 0.29) is 67.2 Å². The molecular weight excluding hydrogens is 1030 g/mol. The fourth-order valence-corrected chi connectivity index (χ4v) is 10.0. The number of β-amino-alcohol motifs (C(OH)–C–C–N with tert-alkyl or cyclic N) is 1. The maximum absolute atomic E-state index is 14.3. The molecule has 2 heterocycles. The Morgan fingerprint density at radius 1 is 0.519 bits per heavy atom. The van der Waals surface area contributed by atoms with Crippen LogP contribution in [0.15, 0.2) is 200 Å². The van der Waals surface area contributed by atoms with E-state index in [1.165, 1.54) is 24.3 Å². The summed E-state index contributed by atoms with van der Waals surface area (Å²) >= 11 is 0. The molecule has 7 atom stereocenters. The van der Waals surface area contributed by atoms with Crippen LogP contribution >= 0.6 is 0 Å². The number of nitrogens with zero attached hydrogens (tertiary/aromatic N) is 1. The van der Waals surface area contributed by atoms with Crippen LogP contribution in [-0.2, 0) is 43.6 Å². The van der Waals surface area contributed by atoms with Gasteiger partial charge in [-0.05, 0) is 109 Å². The summed E-state index contributed by atoms with van der Waals surface area (Å²) < 4.78 is 55.4. The van der Waals surface area contributed by atoms with Crippen LogP contribution < -0.4 is 9.47 Å². The van der Waals surface area contributed by atoms with Crippen LogP contribution in [0, 0.1) is 0 Å². The van der Waals surface area contributed by atoms with Gasteiger partial charge in [-0.25, -0.2) is 19.2 Å². The van der Waals surface area contributed by atoms with Gasteiger partial charge in [0.1, 0.15) is 29.8 Å². The Hall–Kier alpha value is -8.67. The van der Waals surface area contributed by atoms with Gasteiger partial charge in [0.05, 0.1) is 55.2 Å².